The van der Waals surface area contributed by atoms with E-state index in [9.17, 15) is 9.59 Å². The molecule has 1 heterocycles. The smallest absolute Gasteiger partial charge is 0.239 e. The second-order valence-electron chi connectivity index (χ2n) is 6.56. The number of nitrogens with one attached hydrogen (secondary N) is 2. The molecule has 0 aliphatic rings. The van der Waals surface area contributed by atoms with Gasteiger partial charge in [0.15, 0.2) is 0 Å². The molecule has 0 radical (unpaired) electrons. The zero-order valence-corrected chi connectivity index (χ0v) is 15.0. The third-order valence-corrected chi connectivity index (χ3v) is 3.95. The van der Waals surface area contributed by atoms with E-state index >= 15 is 0 Å². The Morgan fingerprint density at radius 1 is 1.08 bits per heavy atom. The van der Waals surface area contributed by atoms with Gasteiger partial charge in [0.25, 0.3) is 0 Å². The van der Waals surface area contributed by atoms with Crippen LogP contribution in [0.1, 0.15) is 19.4 Å². The van der Waals surface area contributed by atoms with Crippen molar-refractivity contribution in [3.63, 3.8) is 0 Å². The van der Waals surface area contributed by atoms with Gasteiger partial charge < -0.3 is 15.5 Å². The Labute approximate surface area is 148 Å². The summed E-state index contributed by atoms with van der Waals surface area (Å²) in [5.41, 5.74) is 1.38. The molecule has 0 unspecified atom stereocenters. The minimum atomic E-state index is -1.19. The molecular formula is C19H24N4O2. The van der Waals surface area contributed by atoms with Gasteiger partial charge in [0.2, 0.25) is 11.8 Å². The first-order chi connectivity index (χ1) is 11.8. The molecule has 0 spiro atoms. The Hall–Kier alpha value is -2.89. The van der Waals surface area contributed by atoms with Crippen LogP contribution in [-0.2, 0) is 16.1 Å². The van der Waals surface area contributed by atoms with Crippen molar-refractivity contribution in [3.8, 4) is 0 Å². The molecule has 0 bridgehead atoms. The van der Waals surface area contributed by atoms with Crippen LogP contribution in [0.4, 0.5) is 11.4 Å². The maximum absolute atomic E-state index is 12.5. The molecule has 6 heteroatoms. The number of hydrogen-bond donors (Lipinski definition) is 2. The Morgan fingerprint density at radius 2 is 1.76 bits per heavy atom. The molecule has 1 aromatic heterocycles. The van der Waals surface area contributed by atoms with E-state index in [1.165, 1.54) is 0 Å². The van der Waals surface area contributed by atoms with Crippen molar-refractivity contribution >= 4 is 23.2 Å². The molecule has 25 heavy (non-hydrogen) atoms. The average molecular weight is 340 g/mol. The van der Waals surface area contributed by atoms with Gasteiger partial charge in [-0.15, -0.1) is 0 Å². The summed E-state index contributed by atoms with van der Waals surface area (Å²) in [4.78, 5) is 30.9. The lowest BCUT2D eigenvalue weighted by molar-refractivity contribution is -0.138. The van der Waals surface area contributed by atoms with Crippen LogP contribution in [-0.4, -0.2) is 30.9 Å². The predicted molar refractivity (Wildman–Crippen MR) is 99.3 cm³/mol. The van der Waals surface area contributed by atoms with E-state index < -0.39 is 5.41 Å². The standard InChI is InChI=1S/C19H24N4O2/c1-19(2,17(24)21-13-14-6-5-11-20-12-14)18(25)22-15-7-9-16(10-8-15)23(3)4/h5-12H,13H2,1-4H3,(H,21,24)(H,22,25). The summed E-state index contributed by atoms with van der Waals surface area (Å²) in [7, 11) is 3.90. The molecule has 2 aromatic rings. The average Bonchev–Trinajstić information content (AvgIpc) is 2.60. The summed E-state index contributed by atoms with van der Waals surface area (Å²) in [5.74, 6) is -0.687. The first-order valence-electron chi connectivity index (χ1n) is 8.07. The largest absolute Gasteiger partial charge is 0.378 e. The van der Waals surface area contributed by atoms with E-state index in [0.29, 0.717) is 12.2 Å². The number of benzene rings is 1. The Morgan fingerprint density at radius 3 is 2.32 bits per heavy atom. The molecule has 0 aliphatic carbocycles. The number of hydrogen-bond acceptors (Lipinski definition) is 4. The number of pyridine rings is 1. The summed E-state index contributed by atoms with van der Waals surface area (Å²) in [5, 5.41) is 5.58. The minimum Gasteiger partial charge on any atom is -0.378 e. The third-order valence-electron chi connectivity index (χ3n) is 3.95. The minimum absolute atomic E-state index is 0.334. The van der Waals surface area contributed by atoms with E-state index in [-0.39, 0.29) is 11.8 Å². The van der Waals surface area contributed by atoms with Crippen LogP contribution in [0.5, 0.6) is 0 Å². The number of carbonyl (C=O) groups excluding carboxylic acids is 2. The number of nitrogens with zero attached hydrogens (tertiary/aromatic N) is 2. The lowest BCUT2D eigenvalue weighted by Gasteiger charge is -2.23. The first-order valence-corrected chi connectivity index (χ1v) is 8.07. The van der Waals surface area contributed by atoms with E-state index in [1.807, 2.05) is 49.3 Å². The topological polar surface area (TPSA) is 74.3 Å². The summed E-state index contributed by atoms with van der Waals surface area (Å²) in [6, 6.07) is 11.1. The summed E-state index contributed by atoms with van der Waals surface area (Å²) in [6.07, 6.45) is 3.35. The molecule has 6 nitrogen and oxygen atoms in total. The Balaban J connectivity index is 1.97. The van der Waals surface area contributed by atoms with Crippen molar-refractivity contribution in [2.75, 3.05) is 24.3 Å². The van der Waals surface area contributed by atoms with Crippen LogP contribution in [0.2, 0.25) is 0 Å². The highest BCUT2D eigenvalue weighted by Crippen LogP contribution is 2.21. The van der Waals surface area contributed by atoms with Crippen LogP contribution in [0.3, 0.4) is 0 Å². The number of anilines is 2. The van der Waals surface area contributed by atoms with Crippen LogP contribution in [0, 0.1) is 5.41 Å². The highest BCUT2D eigenvalue weighted by molar-refractivity contribution is 6.09. The maximum atomic E-state index is 12.5. The fourth-order valence-corrected chi connectivity index (χ4v) is 2.14. The van der Waals surface area contributed by atoms with Crippen molar-refractivity contribution in [3.05, 3.63) is 54.4 Å². The van der Waals surface area contributed by atoms with Crippen LogP contribution in [0.15, 0.2) is 48.8 Å². The fraction of sp³-hybridized carbons (Fsp3) is 0.316. The molecule has 2 amide bonds. The Bertz CT molecular complexity index is 725. The molecular weight excluding hydrogens is 316 g/mol. The monoisotopic (exact) mass is 340 g/mol. The molecule has 1 aromatic carbocycles. The molecule has 132 valence electrons. The van der Waals surface area contributed by atoms with Crippen LogP contribution in [0.25, 0.3) is 0 Å². The van der Waals surface area contributed by atoms with Crippen molar-refractivity contribution in [1.82, 2.24) is 10.3 Å². The quantitative estimate of drug-likeness (QED) is 0.792. The molecule has 0 aliphatic heterocycles. The normalized spacial score (nSPS) is 10.9. The fourth-order valence-electron chi connectivity index (χ4n) is 2.14. The summed E-state index contributed by atoms with van der Waals surface area (Å²) < 4.78 is 0. The van der Waals surface area contributed by atoms with Crippen LogP contribution < -0.4 is 15.5 Å². The number of amides is 2. The first kappa shape index (κ1) is 18.4. The highest BCUT2D eigenvalue weighted by atomic mass is 16.2. The van der Waals surface area contributed by atoms with Gasteiger partial charge in [0.1, 0.15) is 5.41 Å². The molecule has 0 atom stereocenters. The summed E-state index contributed by atoms with van der Waals surface area (Å²) >= 11 is 0. The molecule has 2 N–H and O–H groups in total. The molecule has 0 fully saturated rings. The maximum Gasteiger partial charge on any atom is 0.239 e. The number of rotatable bonds is 6. The van der Waals surface area contributed by atoms with Crippen LogP contribution >= 0.6 is 0 Å². The SMILES string of the molecule is CN(C)c1ccc(NC(=O)C(C)(C)C(=O)NCc2cccnc2)cc1. The molecule has 0 saturated carbocycles. The lowest BCUT2D eigenvalue weighted by Crippen LogP contribution is -2.44. The highest BCUT2D eigenvalue weighted by Gasteiger charge is 2.35. The van der Waals surface area contributed by atoms with Gasteiger partial charge >= 0.3 is 0 Å². The van der Waals surface area contributed by atoms with E-state index in [2.05, 4.69) is 15.6 Å². The van der Waals surface area contributed by atoms with Gasteiger partial charge in [-0.3, -0.25) is 14.6 Å². The van der Waals surface area contributed by atoms with E-state index in [4.69, 9.17) is 0 Å². The van der Waals surface area contributed by atoms with Gasteiger partial charge in [-0.25, -0.2) is 0 Å². The van der Waals surface area contributed by atoms with E-state index in [1.54, 1.807) is 32.3 Å². The van der Waals surface area contributed by atoms with E-state index in [0.717, 1.165) is 11.3 Å². The van der Waals surface area contributed by atoms with Crippen molar-refractivity contribution in [2.24, 2.45) is 5.41 Å². The second kappa shape index (κ2) is 7.79. The van der Waals surface area contributed by atoms with Gasteiger partial charge in [-0.05, 0) is 49.7 Å². The lowest BCUT2D eigenvalue weighted by atomic mass is 9.91. The zero-order valence-electron chi connectivity index (χ0n) is 15.0. The third kappa shape index (κ3) is 4.79. The Kier molecular flexibility index (Phi) is 5.75. The second-order valence-corrected chi connectivity index (χ2v) is 6.56. The molecule has 0 saturated heterocycles. The number of aromatic nitrogens is 1. The van der Waals surface area contributed by atoms with Gasteiger partial charge in [0, 0.05) is 44.4 Å². The van der Waals surface area contributed by atoms with Crippen molar-refractivity contribution in [1.29, 1.82) is 0 Å². The van der Waals surface area contributed by atoms with Crippen molar-refractivity contribution in [2.45, 2.75) is 20.4 Å². The summed E-state index contributed by atoms with van der Waals surface area (Å²) in [6.45, 7) is 3.55. The zero-order chi connectivity index (χ0) is 18.4. The van der Waals surface area contributed by atoms with Gasteiger partial charge in [0.05, 0.1) is 0 Å². The molecule has 2 rings (SSSR count). The van der Waals surface area contributed by atoms with Crippen molar-refractivity contribution < 1.29 is 9.59 Å². The van der Waals surface area contributed by atoms with Gasteiger partial charge in [-0.1, -0.05) is 6.07 Å². The number of carbonyl (C=O) groups is 2. The van der Waals surface area contributed by atoms with Gasteiger partial charge in [-0.2, -0.15) is 0 Å². The predicted octanol–water partition coefficient (Wildman–Crippen LogP) is 2.43.